The van der Waals surface area contributed by atoms with Crippen LogP contribution < -0.4 is 33.4 Å². The molecule has 2 atom stereocenters. The van der Waals surface area contributed by atoms with Crippen molar-refractivity contribution in [1.82, 2.24) is 0 Å². The molecule has 0 aliphatic carbocycles. The number of fused-ring (bicyclic) bond motifs is 2. The van der Waals surface area contributed by atoms with E-state index in [-0.39, 0.29) is 27.6 Å². The van der Waals surface area contributed by atoms with Crippen molar-refractivity contribution in [3.05, 3.63) is 118 Å². The van der Waals surface area contributed by atoms with Gasteiger partial charge in [-0.05, 0) is 48.5 Å². The summed E-state index contributed by atoms with van der Waals surface area (Å²) in [6.07, 6.45) is -1.32. The van der Waals surface area contributed by atoms with Crippen LogP contribution in [-0.2, 0) is 9.59 Å². The molecule has 0 bridgehead atoms. The van der Waals surface area contributed by atoms with E-state index in [0.717, 1.165) is 10.0 Å². The van der Waals surface area contributed by atoms with E-state index in [4.69, 9.17) is 14.7 Å². The van der Waals surface area contributed by atoms with Gasteiger partial charge in [-0.2, -0.15) is 5.26 Å². The SMILES string of the molecule is I[I-]I(I)I(I)I.N#Cc1cccc(C2Oc3ccccc3NC2=O)c1.O=C1Nc2ccccc2OC1c1cccc(Br)c1. The van der Waals surface area contributed by atoms with Crippen LogP contribution in [0.3, 0.4) is 0 Å². The summed E-state index contributed by atoms with van der Waals surface area (Å²) in [4.78, 5) is 24.1. The van der Waals surface area contributed by atoms with Crippen molar-refractivity contribution in [3.8, 4) is 17.6 Å². The standard InChI is InChI=1S/C15H10N2O2.C14H10BrNO2.I7/c16-9-10-4-3-5-11(8-10)14-15(18)17-12-6-1-2-7-13(12)19-14;15-10-5-3-4-9(8-10)13-14(17)16-11-6-1-2-7-12(11)18-13;1-5-7(4)6(2)3/h1-8,14H,(H,17,18);1-8,13H,(H,16,17);/q;;-1. The summed E-state index contributed by atoms with van der Waals surface area (Å²) < 4.78 is 12.4. The van der Waals surface area contributed by atoms with Crippen molar-refractivity contribution in [2.75, 3.05) is 10.6 Å². The summed E-state index contributed by atoms with van der Waals surface area (Å²) in [7, 11) is -0.491. The molecule has 4 aromatic carbocycles. The molecule has 2 aliphatic heterocycles. The largest absolute Gasteiger partial charge is 0.474 e. The smallest absolute Gasteiger partial charge is 0.270 e. The average molecular weight is 1440 g/mol. The molecule has 0 saturated carbocycles. The first-order valence-corrected chi connectivity index (χ1v) is 50.8. The van der Waals surface area contributed by atoms with Crippen molar-refractivity contribution in [3.63, 3.8) is 0 Å². The van der Waals surface area contributed by atoms with E-state index >= 15 is 0 Å². The normalized spacial score (nSPS) is 16.7. The molecule has 0 aromatic heterocycles. The van der Waals surface area contributed by atoms with Crippen molar-refractivity contribution in [1.29, 1.82) is 5.26 Å². The van der Waals surface area contributed by atoms with Crippen LogP contribution in [0.25, 0.3) is 0 Å². The Morgan fingerprint density at radius 2 is 1.25 bits per heavy atom. The van der Waals surface area contributed by atoms with Crippen molar-refractivity contribution in [2.24, 2.45) is 0 Å². The molecule has 2 N–H and O–H groups in total. The molecule has 2 aliphatic rings. The quantitative estimate of drug-likeness (QED) is 0.200. The summed E-state index contributed by atoms with van der Waals surface area (Å²) in [6, 6.07) is 31.2. The number of benzene rings is 4. The third kappa shape index (κ3) is 10.8. The summed E-state index contributed by atoms with van der Waals surface area (Å²) in [5.74, 6) is 0.956. The Morgan fingerprint density at radius 1 is 0.750 bits per heavy atom. The molecule has 0 saturated heterocycles. The summed E-state index contributed by atoms with van der Waals surface area (Å²) in [6.45, 7) is 0. The van der Waals surface area contributed by atoms with Gasteiger partial charge < -0.3 is 20.1 Å². The molecule has 2 unspecified atom stereocenters. The number of halogens is 8. The number of rotatable bonds is 4. The van der Waals surface area contributed by atoms with Gasteiger partial charge in [0.1, 0.15) is 11.5 Å². The van der Waals surface area contributed by atoms with Crippen LogP contribution in [0.1, 0.15) is 28.9 Å². The molecule has 4 aromatic rings. The first-order chi connectivity index (χ1) is 21.2. The van der Waals surface area contributed by atoms with Crippen LogP contribution in [-0.4, -0.2) is 11.8 Å². The second-order valence-electron chi connectivity index (χ2n) is 8.64. The van der Waals surface area contributed by atoms with E-state index in [1.54, 1.807) is 36.4 Å². The maximum absolute atomic E-state index is 12.0. The van der Waals surface area contributed by atoms with Gasteiger partial charge in [-0.25, -0.2) is 0 Å². The molecule has 0 spiro atoms. The first kappa shape index (κ1) is 37.3. The minimum atomic E-state index is -0.719. The number of ether oxygens (including phenoxy) is 2. The molecule has 2 heterocycles. The monoisotopic (exact) mass is 1440 g/mol. The molecule has 2 amide bonds. The predicted octanol–water partition coefficient (Wildman–Crippen LogP) is 8.47. The van der Waals surface area contributed by atoms with E-state index < -0.39 is 12.2 Å². The maximum atomic E-state index is 12.0. The zero-order chi connectivity index (χ0) is 31.6. The minimum Gasteiger partial charge on any atom is -0.474 e. The van der Waals surface area contributed by atoms with Gasteiger partial charge in [-0.15, -0.1) is 0 Å². The Hall–Kier alpha value is 0.500. The summed E-state index contributed by atoms with van der Waals surface area (Å²) in [5, 5.41) is 14.5. The molecule has 0 radical (unpaired) electrons. The van der Waals surface area contributed by atoms with E-state index in [1.165, 1.54) is 0 Å². The Bertz CT molecular complexity index is 1670. The maximum Gasteiger partial charge on any atom is 0.270 e. The molecule has 7 nitrogen and oxygen atoms in total. The number of carbonyl (C=O) groups is 2. The minimum absolute atomic E-state index is 0.146. The Morgan fingerprint density at radius 3 is 1.70 bits per heavy atom. The van der Waals surface area contributed by atoms with E-state index in [0.29, 0.717) is 47.3 Å². The number of nitrogens with one attached hydrogen (secondary N) is 2. The topological polar surface area (TPSA) is 100 Å². The van der Waals surface area contributed by atoms with Crippen LogP contribution in [0.4, 0.5) is 11.4 Å². The summed E-state index contributed by atoms with van der Waals surface area (Å²) in [5.41, 5.74) is 3.39. The number of para-hydroxylation sites is 4. The van der Waals surface area contributed by atoms with E-state index in [9.17, 15) is 9.59 Å². The van der Waals surface area contributed by atoms with E-state index in [2.05, 4.69) is 107 Å². The van der Waals surface area contributed by atoms with Crippen LogP contribution in [0.2, 0.25) is 0 Å². The van der Waals surface area contributed by atoms with Gasteiger partial charge in [0.15, 0.2) is 0 Å². The molecular formula is C29H20BrI7N3O4-. The number of nitriles is 1. The third-order valence-corrected chi connectivity index (χ3v) is 254. The average Bonchev–Trinajstić information content (AvgIpc) is 3.04. The van der Waals surface area contributed by atoms with Gasteiger partial charge in [0.05, 0.1) is 23.0 Å². The Kier molecular flexibility index (Phi) is 16.0. The summed E-state index contributed by atoms with van der Waals surface area (Å²) >= 11 is 14.8. The first-order valence-electron chi connectivity index (χ1n) is 12.3. The molecular weight excluding hydrogens is 1420 g/mol. The van der Waals surface area contributed by atoms with Crippen LogP contribution in [0.5, 0.6) is 11.5 Å². The van der Waals surface area contributed by atoms with Gasteiger partial charge in [0, 0.05) is 15.6 Å². The third-order valence-electron chi connectivity index (χ3n) is 5.85. The number of carbonyl (C=O) groups excluding carboxylic acids is 2. The molecule has 232 valence electrons. The molecule has 15 heteroatoms. The van der Waals surface area contributed by atoms with Crippen molar-refractivity contribution >= 4 is 129 Å². The Balaban J connectivity index is 0.000000167. The van der Waals surface area contributed by atoms with Gasteiger partial charge in [-0.1, -0.05) is 64.5 Å². The second-order valence-corrected chi connectivity index (χ2v) is 123. The van der Waals surface area contributed by atoms with Gasteiger partial charge in [-0.3, -0.25) is 9.59 Å². The predicted molar refractivity (Wildman–Crippen MR) is 226 cm³/mol. The number of hydrogen-bond donors (Lipinski definition) is 2. The Labute approximate surface area is 319 Å². The number of hydrogen-bond acceptors (Lipinski definition) is 5. The molecule has 0 fully saturated rings. The van der Waals surface area contributed by atoms with Gasteiger partial charge in [0.2, 0.25) is 12.2 Å². The molecule has 44 heavy (non-hydrogen) atoms. The van der Waals surface area contributed by atoms with Gasteiger partial charge in [0.25, 0.3) is 11.8 Å². The van der Waals surface area contributed by atoms with E-state index in [1.807, 2.05) is 60.7 Å². The fraction of sp³-hybridized carbons (Fsp3) is 0.0690. The number of anilines is 2. The van der Waals surface area contributed by atoms with Crippen LogP contribution in [0, 0.1) is 11.3 Å². The fourth-order valence-electron chi connectivity index (χ4n) is 4.00. The van der Waals surface area contributed by atoms with Crippen molar-refractivity contribution < 1.29 is 32.3 Å². The second kappa shape index (κ2) is 18.9. The zero-order valence-electron chi connectivity index (χ0n) is 22.0. The number of nitrogens with zero attached hydrogens (tertiary/aromatic N) is 1. The van der Waals surface area contributed by atoms with Gasteiger partial charge >= 0.3 is 104 Å². The zero-order valence-corrected chi connectivity index (χ0v) is 38.7. The van der Waals surface area contributed by atoms with Crippen LogP contribution in [0.15, 0.2) is 102 Å². The number of amides is 2. The molecule has 6 rings (SSSR count). The van der Waals surface area contributed by atoms with Crippen molar-refractivity contribution in [2.45, 2.75) is 12.2 Å². The fourth-order valence-corrected chi connectivity index (χ4v) is 214. The van der Waals surface area contributed by atoms with Crippen LogP contribution >= 0.6 is 106 Å².